The molecule has 2 amide bonds. The monoisotopic (exact) mass is 588 g/mol. The lowest BCUT2D eigenvalue weighted by atomic mass is 9.97. The number of ether oxygens (including phenoxy) is 2. The highest BCUT2D eigenvalue weighted by Crippen LogP contribution is 2.37. The number of fused-ring (bicyclic) bond motifs is 3. The molecule has 2 aliphatic heterocycles. The van der Waals surface area contributed by atoms with Crippen LogP contribution >= 0.6 is 0 Å². The largest absolute Gasteiger partial charge is 0.493 e. The van der Waals surface area contributed by atoms with Crippen LogP contribution in [0.15, 0.2) is 51.5 Å². The highest BCUT2D eigenvalue weighted by Gasteiger charge is 2.25. The SMILES string of the molecule is CCOc1cc2c(cc1OC)-c1cc(=Nc3c(C)cc(C)cc3C)n(CCNC(=O)C3=C(C(N)=O)NNN3)c(=O)n1CC2. The van der Waals surface area contributed by atoms with Crippen LogP contribution in [0.2, 0.25) is 0 Å². The van der Waals surface area contributed by atoms with Crippen LogP contribution in [0.3, 0.4) is 0 Å². The number of nitrogens with two attached hydrogens (primary N) is 1. The number of nitrogens with zero attached hydrogens (tertiary/aromatic N) is 3. The molecule has 0 fully saturated rings. The van der Waals surface area contributed by atoms with Gasteiger partial charge in [-0.05, 0) is 62.9 Å². The molecule has 0 saturated heterocycles. The molecular weight excluding hydrogens is 552 g/mol. The van der Waals surface area contributed by atoms with Crippen LogP contribution in [-0.2, 0) is 29.1 Å². The maximum Gasteiger partial charge on any atom is 0.330 e. The van der Waals surface area contributed by atoms with Crippen LogP contribution in [-0.4, -0.2) is 41.2 Å². The number of hydrogen-bond acceptors (Lipinski definition) is 9. The van der Waals surface area contributed by atoms with Gasteiger partial charge in [0.05, 0.1) is 25.1 Å². The molecule has 2 aromatic carbocycles. The Balaban J connectivity index is 1.61. The predicted molar refractivity (Wildman–Crippen MR) is 160 cm³/mol. The summed E-state index contributed by atoms with van der Waals surface area (Å²) in [7, 11) is 1.59. The van der Waals surface area contributed by atoms with E-state index in [1.165, 1.54) is 0 Å². The Labute approximate surface area is 248 Å². The maximum atomic E-state index is 14.1. The van der Waals surface area contributed by atoms with E-state index in [0.29, 0.717) is 36.6 Å². The van der Waals surface area contributed by atoms with Gasteiger partial charge in [0.15, 0.2) is 11.5 Å². The molecule has 0 unspecified atom stereocenters. The van der Waals surface area contributed by atoms with Crippen molar-refractivity contribution in [3.8, 4) is 22.8 Å². The van der Waals surface area contributed by atoms with Crippen molar-refractivity contribution in [2.45, 2.75) is 47.2 Å². The quantitative estimate of drug-likeness (QED) is 0.246. The minimum absolute atomic E-state index is 0.0348. The lowest BCUT2D eigenvalue weighted by molar-refractivity contribution is -0.119. The van der Waals surface area contributed by atoms with Crippen molar-refractivity contribution in [2.75, 3.05) is 20.3 Å². The van der Waals surface area contributed by atoms with Gasteiger partial charge in [0.1, 0.15) is 16.9 Å². The number of primary amides is 1. The molecule has 3 heterocycles. The average Bonchev–Trinajstić information content (AvgIpc) is 3.47. The van der Waals surface area contributed by atoms with Crippen molar-refractivity contribution >= 4 is 17.5 Å². The minimum Gasteiger partial charge on any atom is -0.493 e. The summed E-state index contributed by atoms with van der Waals surface area (Å²) in [6, 6.07) is 9.89. The standard InChI is InChI=1S/C30H36N8O5/c1-6-43-23-13-19-7-9-37-21(20(19)14-22(23)42-5)15-24(33-25-17(3)11-16(2)12-18(25)4)38(30(37)41)10-8-32-29(40)27-26(28(31)39)34-36-35-27/h11-15,34-36H,6-10H2,1-5H3,(H2,31,39)(H,32,40). The molecule has 43 heavy (non-hydrogen) atoms. The number of carbonyl (C=O) groups excluding carboxylic acids is 2. The summed E-state index contributed by atoms with van der Waals surface area (Å²) in [5.74, 6) is -0.104. The number of aromatic nitrogens is 2. The van der Waals surface area contributed by atoms with Crippen molar-refractivity contribution < 1.29 is 19.1 Å². The number of amides is 2. The second-order valence-electron chi connectivity index (χ2n) is 10.4. The van der Waals surface area contributed by atoms with Gasteiger partial charge in [0.2, 0.25) is 0 Å². The van der Waals surface area contributed by atoms with Gasteiger partial charge in [0, 0.05) is 31.3 Å². The van der Waals surface area contributed by atoms with Crippen molar-refractivity contribution in [3.05, 3.63) is 80.0 Å². The molecule has 13 nitrogen and oxygen atoms in total. The maximum absolute atomic E-state index is 14.1. The third-order valence-corrected chi connectivity index (χ3v) is 7.45. The number of nitrogens with one attached hydrogen (secondary N) is 4. The Morgan fingerprint density at radius 3 is 2.44 bits per heavy atom. The first-order valence-corrected chi connectivity index (χ1v) is 14.0. The van der Waals surface area contributed by atoms with E-state index >= 15 is 0 Å². The Morgan fingerprint density at radius 1 is 1.05 bits per heavy atom. The molecule has 6 N–H and O–H groups in total. The molecule has 0 radical (unpaired) electrons. The topological polar surface area (TPSA) is 166 Å². The number of hydrogen-bond donors (Lipinski definition) is 5. The second-order valence-corrected chi connectivity index (χ2v) is 10.4. The van der Waals surface area contributed by atoms with Crippen LogP contribution in [0.5, 0.6) is 11.5 Å². The number of benzene rings is 2. The number of hydrazine groups is 2. The van der Waals surface area contributed by atoms with Gasteiger partial charge < -0.3 is 20.5 Å². The van der Waals surface area contributed by atoms with E-state index in [-0.39, 0.29) is 30.2 Å². The van der Waals surface area contributed by atoms with Crippen molar-refractivity contribution in [2.24, 2.45) is 10.7 Å². The number of carbonyl (C=O) groups is 2. The Morgan fingerprint density at radius 2 is 1.77 bits per heavy atom. The summed E-state index contributed by atoms with van der Waals surface area (Å²) in [4.78, 5) is 43.5. The summed E-state index contributed by atoms with van der Waals surface area (Å²) >= 11 is 0. The summed E-state index contributed by atoms with van der Waals surface area (Å²) in [5, 5.41) is 2.75. The third-order valence-electron chi connectivity index (χ3n) is 7.45. The van der Waals surface area contributed by atoms with Crippen molar-refractivity contribution in [3.63, 3.8) is 0 Å². The first kappa shape index (κ1) is 29.5. The lowest BCUT2D eigenvalue weighted by Crippen LogP contribution is -2.44. The predicted octanol–water partition coefficient (Wildman–Crippen LogP) is 0.863. The summed E-state index contributed by atoms with van der Waals surface area (Å²) in [6.45, 7) is 9.12. The third kappa shape index (κ3) is 5.71. The van der Waals surface area contributed by atoms with Gasteiger partial charge in [-0.1, -0.05) is 17.7 Å². The Bertz CT molecular complexity index is 1760. The smallest absolute Gasteiger partial charge is 0.330 e. The van der Waals surface area contributed by atoms with Gasteiger partial charge in [-0.25, -0.2) is 9.79 Å². The molecule has 0 bridgehead atoms. The molecule has 1 aromatic heterocycles. The molecule has 5 rings (SSSR count). The van der Waals surface area contributed by atoms with Crippen LogP contribution < -0.4 is 48.1 Å². The first-order chi connectivity index (χ1) is 20.6. The molecule has 0 atom stereocenters. The van der Waals surface area contributed by atoms with Gasteiger partial charge in [-0.15, -0.1) is 5.53 Å². The van der Waals surface area contributed by atoms with Crippen LogP contribution in [0.4, 0.5) is 5.69 Å². The summed E-state index contributed by atoms with van der Waals surface area (Å²) in [5.41, 5.74) is 19.5. The average molecular weight is 589 g/mol. The van der Waals surface area contributed by atoms with Crippen molar-refractivity contribution in [1.82, 2.24) is 30.8 Å². The van der Waals surface area contributed by atoms with Gasteiger partial charge in [0.25, 0.3) is 11.8 Å². The molecule has 13 heteroatoms. The summed E-state index contributed by atoms with van der Waals surface area (Å²) in [6.07, 6.45) is 0.630. The number of methoxy groups -OCH3 is 1. The molecule has 226 valence electrons. The zero-order chi connectivity index (χ0) is 30.8. The van der Waals surface area contributed by atoms with E-state index < -0.39 is 11.8 Å². The van der Waals surface area contributed by atoms with E-state index in [9.17, 15) is 14.4 Å². The zero-order valence-electron chi connectivity index (χ0n) is 24.9. The Hall–Kier alpha value is -5.04. The van der Waals surface area contributed by atoms with Crippen LogP contribution in [0.1, 0.15) is 29.2 Å². The normalized spacial score (nSPS) is 14.0. The Kier molecular flexibility index (Phi) is 8.26. The number of rotatable bonds is 9. The van der Waals surface area contributed by atoms with E-state index in [4.69, 9.17) is 20.2 Å². The van der Waals surface area contributed by atoms with Crippen molar-refractivity contribution in [1.29, 1.82) is 0 Å². The molecule has 2 aliphatic rings. The van der Waals surface area contributed by atoms with E-state index in [1.807, 2.05) is 45.9 Å². The lowest BCUT2D eigenvalue weighted by Gasteiger charge is -2.25. The molecule has 0 spiro atoms. The molecule has 0 saturated carbocycles. The van der Waals surface area contributed by atoms with Gasteiger partial charge in [-0.2, -0.15) is 0 Å². The van der Waals surface area contributed by atoms with Crippen LogP contribution in [0.25, 0.3) is 11.3 Å². The molecule has 0 aliphatic carbocycles. The fourth-order valence-electron chi connectivity index (χ4n) is 5.54. The van der Waals surface area contributed by atoms with E-state index in [2.05, 4.69) is 33.8 Å². The number of aryl methyl sites for hydroxylation is 4. The highest BCUT2D eigenvalue weighted by molar-refractivity contribution is 6.03. The van der Waals surface area contributed by atoms with E-state index in [1.54, 1.807) is 16.2 Å². The fraction of sp³-hybridized carbons (Fsp3) is 0.333. The van der Waals surface area contributed by atoms with Gasteiger partial charge >= 0.3 is 5.69 Å². The summed E-state index contributed by atoms with van der Waals surface area (Å²) < 4.78 is 14.7. The highest BCUT2D eigenvalue weighted by atomic mass is 16.5. The van der Waals surface area contributed by atoms with Gasteiger partial charge in [-0.3, -0.25) is 29.6 Å². The van der Waals surface area contributed by atoms with E-state index in [0.717, 1.165) is 39.2 Å². The van der Waals surface area contributed by atoms with Crippen LogP contribution in [0, 0.1) is 20.8 Å². The minimum atomic E-state index is -0.792. The fourth-order valence-corrected chi connectivity index (χ4v) is 5.54. The zero-order valence-corrected chi connectivity index (χ0v) is 24.9. The first-order valence-electron chi connectivity index (χ1n) is 14.0. The second kappa shape index (κ2) is 12.1. The molecule has 3 aromatic rings. The molecular formula is C30H36N8O5.